The van der Waals surface area contributed by atoms with E-state index in [-0.39, 0.29) is 11.9 Å². The van der Waals surface area contributed by atoms with E-state index in [9.17, 15) is 4.79 Å². The van der Waals surface area contributed by atoms with E-state index in [1.54, 1.807) is 4.68 Å². The Morgan fingerprint density at radius 1 is 1.24 bits per heavy atom. The number of carbonyl (C=O) groups excluding carboxylic acids is 1. The van der Waals surface area contributed by atoms with Crippen molar-refractivity contribution in [3.8, 4) is 0 Å². The van der Waals surface area contributed by atoms with Crippen LogP contribution in [-0.4, -0.2) is 46.1 Å². The number of rotatable bonds is 7. The van der Waals surface area contributed by atoms with Crippen molar-refractivity contribution in [1.29, 1.82) is 0 Å². The minimum absolute atomic E-state index is 0.136. The van der Waals surface area contributed by atoms with Gasteiger partial charge in [-0.15, -0.1) is 0 Å². The molecule has 136 valence electrons. The average Bonchev–Trinajstić information content (AvgIpc) is 2.93. The number of aromatic nitrogens is 2. The molecular weight excluding hydrogens is 312 g/mol. The van der Waals surface area contributed by atoms with Crippen molar-refractivity contribution in [1.82, 2.24) is 19.6 Å². The molecule has 0 saturated carbocycles. The van der Waals surface area contributed by atoms with Gasteiger partial charge >= 0.3 is 0 Å². The van der Waals surface area contributed by atoms with Crippen LogP contribution in [0.3, 0.4) is 0 Å². The molecule has 25 heavy (non-hydrogen) atoms. The Morgan fingerprint density at radius 3 is 2.44 bits per heavy atom. The Morgan fingerprint density at radius 2 is 1.92 bits per heavy atom. The lowest BCUT2D eigenvalue weighted by molar-refractivity contribution is -0.137. The molecule has 0 saturated heterocycles. The van der Waals surface area contributed by atoms with Crippen LogP contribution in [0.5, 0.6) is 0 Å². The maximum Gasteiger partial charge on any atom is 0.244 e. The fourth-order valence-electron chi connectivity index (χ4n) is 3.15. The highest BCUT2D eigenvalue weighted by Gasteiger charge is 2.29. The third-order valence-corrected chi connectivity index (χ3v) is 4.26. The largest absolute Gasteiger partial charge is 0.336 e. The summed E-state index contributed by atoms with van der Waals surface area (Å²) in [5, 5.41) is 4.23. The molecule has 1 amide bonds. The number of hydrogen-bond donors (Lipinski definition) is 0. The van der Waals surface area contributed by atoms with E-state index < -0.39 is 0 Å². The first-order chi connectivity index (χ1) is 11.8. The van der Waals surface area contributed by atoms with Crippen LogP contribution < -0.4 is 0 Å². The fourth-order valence-corrected chi connectivity index (χ4v) is 3.15. The van der Waals surface area contributed by atoms with Crippen LogP contribution in [-0.2, 0) is 18.4 Å². The Hall–Kier alpha value is -2.14. The second-order valence-electron chi connectivity index (χ2n) is 7.36. The summed E-state index contributed by atoms with van der Waals surface area (Å²) in [5.41, 5.74) is 3.26. The van der Waals surface area contributed by atoms with Crippen LogP contribution in [0.2, 0.25) is 0 Å². The summed E-state index contributed by atoms with van der Waals surface area (Å²) in [5.74, 6) is 0.539. The Kier molecular flexibility index (Phi) is 6.37. The van der Waals surface area contributed by atoms with Gasteiger partial charge in [0.1, 0.15) is 6.04 Å². The van der Waals surface area contributed by atoms with E-state index in [1.807, 2.05) is 55.5 Å². The van der Waals surface area contributed by atoms with Gasteiger partial charge in [-0.05, 0) is 38.1 Å². The normalized spacial score (nSPS) is 12.6. The van der Waals surface area contributed by atoms with E-state index in [4.69, 9.17) is 0 Å². The van der Waals surface area contributed by atoms with Gasteiger partial charge in [-0.1, -0.05) is 38.1 Å². The smallest absolute Gasteiger partial charge is 0.244 e. The zero-order chi connectivity index (χ0) is 18.6. The first-order valence-electron chi connectivity index (χ1n) is 8.77. The first kappa shape index (κ1) is 19.2. The molecule has 1 unspecified atom stereocenters. The topological polar surface area (TPSA) is 41.4 Å². The number of likely N-dealkylation sites (N-methyl/N-ethyl adjacent to an activating group) is 1. The lowest BCUT2D eigenvalue weighted by Crippen LogP contribution is -2.42. The molecule has 0 N–H and O–H groups in total. The predicted octanol–water partition coefficient (Wildman–Crippen LogP) is 3.02. The predicted molar refractivity (Wildman–Crippen MR) is 101 cm³/mol. The maximum atomic E-state index is 13.4. The maximum absolute atomic E-state index is 13.4. The van der Waals surface area contributed by atoms with Gasteiger partial charge in [0.2, 0.25) is 5.91 Å². The quantitative estimate of drug-likeness (QED) is 0.777. The summed E-state index contributed by atoms with van der Waals surface area (Å²) in [6.45, 7) is 7.65. The zero-order valence-electron chi connectivity index (χ0n) is 16.2. The number of aryl methyl sites for hydroxylation is 2. The molecule has 0 aliphatic heterocycles. The lowest BCUT2D eigenvalue weighted by atomic mass is 9.98. The Balaban J connectivity index is 2.32. The third kappa shape index (κ3) is 4.92. The zero-order valence-corrected chi connectivity index (χ0v) is 16.2. The monoisotopic (exact) mass is 342 g/mol. The van der Waals surface area contributed by atoms with Crippen molar-refractivity contribution < 1.29 is 4.79 Å². The minimum Gasteiger partial charge on any atom is -0.336 e. The van der Waals surface area contributed by atoms with Crippen LogP contribution in [0.4, 0.5) is 0 Å². The summed E-state index contributed by atoms with van der Waals surface area (Å²) in [6, 6.07) is 7.84. The number of amides is 1. The van der Waals surface area contributed by atoms with E-state index in [1.165, 1.54) is 0 Å². The SMILES string of the molecule is Cc1ccccc1C(C(=O)N(Cc1cnn(C)c1)CC(C)C)N(C)C. The molecule has 0 spiro atoms. The highest BCUT2D eigenvalue weighted by Crippen LogP contribution is 2.25. The van der Waals surface area contributed by atoms with Gasteiger partial charge in [-0.3, -0.25) is 14.4 Å². The second kappa shape index (κ2) is 8.30. The van der Waals surface area contributed by atoms with Crippen molar-refractivity contribution in [2.75, 3.05) is 20.6 Å². The summed E-state index contributed by atoms with van der Waals surface area (Å²) >= 11 is 0. The molecule has 2 aromatic rings. The molecular formula is C20H30N4O. The van der Waals surface area contributed by atoms with Gasteiger partial charge in [-0.2, -0.15) is 5.10 Å². The fraction of sp³-hybridized carbons (Fsp3) is 0.500. The summed E-state index contributed by atoms with van der Waals surface area (Å²) < 4.78 is 1.78. The van der Waals surface area contributed by atoms with Gasteiger partial charge in [0, 0.05) is 31.9 Å². The van der Waals surface area contributed by atoms with Crippen molar-refractivity contribution >= 4 is 5.91 Å². The summed E-state index contributed by atoms with van der Waals surface area (Å²) in [4.78, 5) is 17.4. The van der Waals surface area contributed by atoms with Gasteiger partial charge in [0.25, 0.3) is 0 Å². The highest BCUT2D eigenvalue weighted by atomic mass is 16.2. The Labute approximate surface area is 151 Å². The van der Waals surface area contributed by atoms with Crippen LogP contribution in [0, 0.1) is 12.8 Å². The first-order valence-corrected chi connectivity index (χ1v) is 8.77. The molecule has 1 aromatic carbocycles. The van der Waals surface area contributed by atoms with Crippen molar-refractivity contribution in [3.05, 3.63) is 53.3 Å². The van der Waals surface area contributed by atoms with Gasteiger partial charge in [-0.25, -0.2) is 0 Å². The molecule has 0 radical (unpaired) electrons. The molecule has 0 bridgehead atoms. The lowest BCUT2D eigenvalue weighted by Gasteiger charge is -2.32. The number of carbonyl (C=O) groups is 1. The van der Waals surface area contributed by atoms with Crippen molar-refractivity contribution in [3.63, 3.8) is 0 Å². The van der Waals surface area contributed by atoms with Crippen LogP contribution in [0.1, 0.15) is 36.6 Å². The van der Waals surface area contributed by atoms with E-state index in [2.05, 4.69) is 38.0 Å². The summed E-state index contributed by atoms with van der Waals surface area (Å²) in [7, 11) is 5.83. The minimum atomic E-state index is -0.281. The molecule has 5 heteroatoms. The standard InChI is InChI=1S/C20H30N4O/c1-15(2)12-24(14-17-11-21-23(6)13-17)20(25)19(22(4)5)18-10-8-7-9-16(18)3/h7-11,13,15,19H,12,14H2,1-6H3. The van der Waals surface area contributed by atoms with Crippen LogP contribution in [0.15, 0.2) is 36.7 Å². The van der Waals surface area contributed by atoms with Crippen molar-refractivity contribution in [2.24, 2.45) is 13.0 Å². The molecule has 0 aliphatic carbocycles. The van der Waals surface area contributed by atoms with Gasteiger partial charge in [0.15, 0.2) is 0 Å². The molecule has 2 rings (SSSR count). The van der Waals surface area contributed by atoms with Crippen LogP contribution in [0.25, 0.3) is 0 Å². The highest BCUT2D eigenvalue weighted by molar-refractivity contribution is 5.83. The number of hydrogen-bond acceptors (Lipinski definition) is 3. The summed E-state index contributed by atoms with van der Waals surface area (Å²) in [6.07, 6.45) is 3.80. The molecule has 1 heterocycles. The van der Waals surface area contributed by atoms with Gasteiger partial charge in [0.05, 0.1) is 6.20 Å². The van der Waals surface area contributed by atoms with Crippen molar-refractivity contribution in [2.45, 2.75) is 33.4 Å². The van der Waals surface area contributed by atoms with E-state index >= 15 is 0 Å². The number of nitrogens with zero attached hydrogens (tertiary/aromatic N) is 4. The van der Waals surface area contributed by atoms with Gasteiger partial charge < -0.3 is 4.90 Å². The molecule has 5 nitrogen and oxygen atoms in total. The second-order valence-corrected chi connectivity index (χ2v) is 7.36. The third-order valence-electron chi connectivity index (χ3n) is 4.26. The number of benzene rings is 1. The average molecular weight is 342 g/mol. The molecule has 0 aliphatic rings. The Bertz CT molecular complexity index is 705. The molecule has 1 atom stereocenters. The molecule has 0 fully saturated rings. The van der Waals surface area contributed by atoms with Crippen LogP contribution >= 0.6 is 0 Å². The van der Waals surface area contributed by atoms with E-state index in [0.717, 1.165) is 23.2 Å². The van der Waals surface area contributed by atoms with E-state index in [0.29, 0.717) is 12.5 Å². The molecule has 1 aromatic heterocycles.